The number of nitrogens with one attached hydrogen (secondary N) is 1. The van der Waals surface area contributed by atoms with E-state index in [2.05, 4.69) is 5.43 Å². The maximum absolute atomic E-state index is 12.3. The number of carbonyl (C=O) groups excluding carboxylic acids is 1. The van der Waals surface area contributed by atoms with E-state index >= 15 is 0 Å². The first kappa shape index (κ1) is 14.4. The predicted octanol–water partition coefficient (Wildman–Crippen LogP) is 4.35. The number of rotatable bonds is 5. The monoisotopic (exact) mass is 320 g/mol. The predicted molar refractivity (Wildman–Crippen MR) is 87.9 cm³/mol. The molecule has 0 unspecified atom stereocenters. The average molecular weight is 321 g/mol. The van der Waals surface area contributed by atoms with Crippen LogP contribution in [0.15, 0.2) is 41.8 Å². The van der Waals surface area contributed by atoms with Gasteiger partial charge in [-0.15, -0.1) is 11.3 Å². The van der Waals surface area contributed by atoms with Crippen LogP contribution in [-0.2, 0) is 0 Å². The van der Waals surface area contributed by atoms with E-state index in [0.717, 1.165) is 17.1 Å². The van der Waals surface area contributed by atoms with Gasteiger partial charge in [-0.25, -0.2) is 0 Å². The number of hydrogen-bond donors (Lipinski definition) is 1. The van der Waals surface area contributed by atoms with Gasteiger partial charge in [-0.1, -0.05) is 24.1 Å². The molecule has 5 heteroatoms. The molecule has 1 saturated carbocycles. The topological polar surface area (TPSA) is 32.3 Å². The number of anilines is 1. The van der Waals surface area contributed by atoms with Crippen molar-refractivity contribution in [3.05, 3.63) is 51.7 Å². The lowest BCUT2D eigenvalue weighted by molar-refractivity contribution is 0.0949. The standard InChI is InChI=1S/C16H17ClN2OS/c17-13-6-8-14(9-7-13)19(11-12-3-1-4-12)18-16(20)15-5-2-10-21-15/h2,5-10,12H,1,3-4,11H2,(H,18,20). The molecule has 1 aliphatic carbocycles. The Morgan fingerprint density at radius 1 is 1.29 bits per heavy atom. The van der Waals surface area contributed by atoms with E-state index in [1.165, 1.54) is 30.6 Å². The van der Waals surface area contributed by atoms with E-state index in [-0.39, 0.29) is 5.91 Å². The molecule has 1 aromatic carbocycles. The molecule has 1 aromatic heterocycles. The van der Waals surface area contributed by atoms with Gasteiger partial charge in [0, 0.05) is 11.6 Å². The summed E-state index contributed by atoms with van der Waals surface area (Å²) in [6.45, 7) is 0.846. The van der Waals surface area contributed by atoms with Crippen molar-refractivity contribution in [1.29, 1.82) is 0 Å². The Kier molecular flexibility index (Phi) is 4.46. The van der Waals surface area contributed by atoms with Gasteiger partial charge in [-0.05, 0) is 54.5 Å². The van der Waals surface area contributed by atoms with Crippen LogP contribution in [0.2, 0.25) is 5.02 Å². The Morgan fingerprint density at radius 2 is 2.05 bits per heavy atom. The normalized spacial score (nSPS) is 14.5. The first-order valence-corrected chi connectivity index (χ1v) is 8.36. The number of hydrogen-bond acceptors (Lipinski definition) is 3. The van der Waals surface area contributed by atoms with Crippen molar-refractivity contribution in [3.63, 3.8) is 0 Å². The number of thiophene rings is 1. The van der Waals surface area contributed by atoms with Crippen LogP contribution in [0.5, 0.6) is 0 Å². The zero-order chi connectivity index (χ0) is 14.7. The van der Waals surface area contributed by atoms with Gasteiger partial charge in [0.05, 0.1) is 10.6 Å². The molecule has 1 fully saturated rings. The van der Waals surface area contributed by atoms with Crippen molar-refractivity contribution in [2.75, 3.05) is 11.6 Å². The highest BCUT2D eigenvalue weighted by Gasteiger charge is 2.22. The van der Waals surface area contributed by atoms with Crippen LogP contribution in [0, 0.1) is 5.92 Å². The molecule has 0 atom stereocenters. The van der Waals surface area contributed by atoms with Gasteiger partial charge in [0.1, 0.15) is 0 Å². The molecule has 1 heterocycles. The maximum atomic E-state index is 12.3. The highest BCUT2D eigenvalue weighted by molar-refractivity contribution is 7.12. The number of hydrazine groups is 1. The first-order valence-electron chi connectivity index (χ1n) is 7.10. The zero-order valence-corrected chi connectivity index (χ0v) is 13.2. The lowest BCUT2D eigenvalue weighted by atomic mass is 9.85. The van der Waals surface area contributed by atoms with Gasteiger partial charge in [0.25, 0.3) is 5.91 Å². The molecule has 1 aliphatic rings. The highest BCUT2D eigenvalue weighted by atomic mass is 35.5. The summed E-state index contributed by atoms with van der Waals surface area (Å²) in [6, 6.07) is 11.3. The van der Waals surface area contributed by atoms with Crippen LogP contribution >= 0.6 is 22.9 Å². The fourth-order valence-electron chi connectivity index (χ4n) is 2.36. The van der Waals surface area contributed by atoms with Gasteiger partial charge in [-0.2, -0.15) is 0 Å². The first-order chi connectivity index (χ1) is 10.2. The molecule has 2 aromatic rings. The number of amides is 1. The van der Waals surface area contributed by atoms with Crippen LogP contribution in [0.1, 0.15) is 28.9 Å². The van der Waals surface area contributed by atoms with Crippen molar-refractivity contribution >= 4 is 34.5 Å². The third-order valence-electron chi connectivity index (χ3n) is 3.79. The second kappa shape index (κ2) is 6.50. The Balaban J connectivity index is 1.74. The van der Waals surface area contributed by atoms with Gasteiger partial charge in [-0.3, -0.25) is 15.2 Å². The van der Waals surface area contributed by atoms with E-state index < -0.39 is 0 Å². The molecule has 110 valence electrons. The summed E-state index contributed by atoms with van der Waals surface area (Å²) in [6.07, 6.45) is 3.76. The van der Waals surface area contributed by atoms with Gasteiger partial charge < -0.3 is 0 Å². The lowest BCUT2D eigenvalue weighted by Crippen LogP contribution is -2.46. The molecule has 0 aliphatic heterocycles. The molecule has 21 heavy (non-hydrogen) atoms. The van der Waals surface area contributed by atoms with Crippen molar-refractivity contribution in [3.8, 4) is 0 Å². The molecule has 3 nitrogen and oxygen atoms in total. The third-order valence-corrected chi connectivity index (χ3v) is 4.91. The number of benzene rings is 1. The van der Waals surface area contributed by atoms with Crippen LogP contribution in [-0.4, -0.2) is 12.5 Å². The highest BCUT2D eigenvalue weighted by Crippen LogP contribution is 2.28. The Labute approximate surface area is 133 Å². The van der Waals surface area contributed by atoms with E-state index in [1.807, 2.05) is 46.8 Å². The van der Waals surface area contributed by atoms with E-state index in [4.69, 9.17) is 11.6 Å². The minimum atomic E-state index is -0.0562. The van der Waals surface area contributed by atoms with Crippen molar-refractivity contribution in [2.24, 2.45) is 5.92 Å². The van der Waals surface area contributed by atoms with Crippen LogP contribution in [0.3, 0.4) is 0 Å². The Bertz CT molecular complexity index is 593. The van der Waals surface area contributed by atoms with E-state index in [0.29, 0.717) is 10.9 Å². The second-order valence-electron chi connectivity index (χ2n) is 5.30. The van der Waals surface area contributed by atoms with Crippen LogP contribution in [0.25, 0.3) is 0 Å². The maximum Gasteiger partial charge on any atom is 0.279 e. The van der Waals surface area contributed by atoms with Crippen molar-refractivity contribution in [1.82, 2.24) is 5.43 Å². The molecule has 1 amide bonds. The Hall–Kier alpha value is -1.52. The molecular formula is C16H17ClN2OS. The summed E-state index contributed by atoms with van der Waals surface area (Å²) in [5.74, 6) is 0.601. The lowest BCUT2D eigenvalue weighted by Gasteiger charge is -2.33. The molecule has 0 radical (unpaired) electrons. The smallest absolute Gasteiger partial charge is 0.279 e. The van der Waals surface area contributed by atoms with Crippen LogP contribution < -0.4 is 10.4 Å². The zero-order valence-electron chi connectivity index (χ0n) is 11.6. The summed E-state index contributed by atoms with van der Waals surface area (Å²) < 4.78 is 0. The van der Waals surface area contributed by atoms with Crippen LogP contribution in [0.4, 0.5) is 5.69 Å². The summed E-state index contributed by atoms with van der Waals surface area (Å²) in [5.41, 5.74) is 3.98. The number of nitrogens with zero attached hydrogens (tertiary/aromatic N) is 1. The SMILES string of the molecule is O=C(NN(CC1CCC1)c1ccc(Cl)cc1)c1cccs1. The largest absolute Gasteiger partial charge is 0.285 e. The quantitative estimate of drug-likeness (QED) is 0.830. The number of halogens is 1. The average Bonchev–Trinajstić information content (AvgIpc) is 2.96. The van der Waals surface area contributed by atoms with Gasteiger partial charge >= 0.3 is 0 Å². The fourth-order valence-corrected chi connectivity index (χ4v) is 3.10. The fraction of sp³-hybridized carbons (Fsp3) is 0.312. The molecular weight excluding hydrogens is 304 g/mol. The third kappa shape index (κ3) is 3.57. The summed E-state index contributed by atoms with van der Waals surface area (Å²) in [4.78, 5) is 13.0. The molecule has 0 bridgehead atoms. The molecule has 1 N–H and O–H groups in total. The van der Waals surface area contributed by atoms with Crippen molar-refractivity contribution < 1.29 is 4.79 Å². The summed E-state index contributed by atoms with van der Waals surface area (Å²) in [5, 5.41) is 4.56. The molecule has 0 saturated heterocycles. The summed E-state index contributed by atoms with van der Waals surface area (Å²) >= 11 is 7.39. The minimum absolute atomic E-state index is 0.0562. The van der Waals surface area contributed by atoms with Gasteiger partial charge in [0.2, 0.25) is 0 Å². The van der Waals surface area contributed by atoms with E-state index in [9.17, 15) is 4.79 Å². The van der Waals surface area contributed by atoms with Crippen molar-refractivity contribution in [2.45, 2.75) is 19.3 Å². The summed E-state index contributed by atoms with van der Waals surface area (Å²) in [7, 11) is 0. The molecule has 3 rings (SSSR count). The number of carbonyl (C=O) groups is 1. The Morgan fingerprint density at radius 3 is 2.62 bits per heavy atom. The van der Waals surface area contributed by atoms with E-state index in [1.54, 1.807) is 0 Å². The van der Waals surface area contributed by atoms with Gasteiger partial charge in [0.15, 0.2) is 0 Å². The minimum Gasteiger partial charge on any atom is -0.285 e. The molecule has 0 spiro atoms. The second-order valence-corrected chi connectivity index (χ2v) is 6.69.